The van der Waals surface area contributed by atoms with E-state index in [0.717, 1.165) is 30.8 Å². The molecule has 0 radical (unpaired) electrons. The third-order valence-corrected chi connectivity index (χ3v) is 4.04. The number of β-amino-alcohol motifs (C(OH)–C–C–N with tert-alkyl or cyclic N) is 1. The summed E-state index contributed by atoms with van der Waals surface area (Å²) in [6.45, 7) is 3.53. The van der Waals surface area contributed by atoms with E-state index in [4.69, 9.17) is 0 Å². The van der Waals surface area contributed by atoms with Crippen LogP contribution in [-0.4, -0.2) is 47.2 Å². The molecule has 20 heavy (non-hydrogen) atoms. The van der Waals surface area contributed by atoms with Crippen molar-refractivity contribution in [2.24, 2.45) is 0 Å². The minimum atomic E-state index is -0.756. The molecule has 0 bridgehead atoms. The number of fused-ring (bicyclic) bond motifs is 1. The number of piperidine rings is 1. The van der Waals surface area contributed by atoms with Crippen molar-refractivity contribution in [2.45, 2.75) is 31.4 Å². The summed E-state index contributed by atoms with van der Waals surface area (Å²) in [6.07, 6.45) is 1.62. The molecular weight excluding hydrogens is 254 g/mol. The molecule has 1 fully saturated rings. The van der Waals surface area contributed by atoms with E-state index in [1.807, 2.05) is 24.3 Å². The van der Waals surface area contributed by atoms with Crippen LogP contribution in [0.1, 0.15) is 19.8 Å². The highest BCUT2D eigenvalue weighted by Crippen LogP contribution is 2.27. The van der Waals surface area contributed by atoms with Crippen molar-refractivity contribution in [2.75, 3.05) is 30.3 Å². The van der Waals surface area contributed by atoms with Gasteiger partial charge in [-0.3, -0.25) is 4.79 Å². The molecule has 108 valence electrons. The third kappa shape index (κ3) is 2.58. The molecule has 1 saturated heterocycles. The van der Waals surface area contributed by atoms with Gasteiger partial charge < -0.3 is 20.6 Å². The largest absolute Gasteiger partial charge is 0.388 e. The van der Waals surface area contributed by atoms with Crippen LogP contribution in [0.4, 0.5) is 11.4 Å². The average Bonchev–Trinajstić information content (AvgIpc) is 2.45. The first-order valence-electron chi connectivity index (χ1n) is 7.16. The molecule has 3 rings (SSSR count). The number of nitrogens with one attached hydrogen (secondary N) is 2. The molecule has 1 amide bonds. The number of carbonyl (C=O) groups is 1. The molecule has 1 aromatic carbocycles. The summed E-state index contributed by atoms with van der Waals surface area (Å²) in [7, 11) is 0. The zero-order valence-electron chi connectivity index (χ0n) is 11.7. The summed E-state index contributed by atoms with van der Waals surface area (Å²) in [5.74, 6) is 0.0620. The summed E-state index contributed by atoms with van der Waals surface area (Å²) in [4.78, 5) is 14.3. The number of likely N-dealkylation sites (tertiary alicyclic amines) is 1. The molecule has 2 heterocycles. The predicted molar refractivity (Wildman–Crippen MR) is 78.8 cm³/mol. The molecule has 2 aliphatic heterocycles. The minimum Gasteiger partial charge on any atom is -0.388 e. The predicted octanol–water partition coefficient (Wildman–Crippen LogP) is 1.27. The van der Waals surface area contributed by atoms with Crippen molar-refractivity contribution in [3.63, 3.8) is 0 Å². The van der Waals surface area contributed by atoms with E-state index in [1.165, 1.54) is 0 Å². The van der Waals surface area contributed by atoms with Gasteiger partial charge in [0, 0.05) is 19.6 Å². The first kappa shape index (κ1) is 13.2. The quantitative estimate of drug-likeness (QED) is 0.722. The van der Waals surface area contributed by atoms with Crippen LogP contribution < -0.4 is 10.6 Å². The molecule has 5 heteroatoms. The van der Waals surface area contributed by atoms with Gasteiger partial charge in [0.15, 0.2) is 0 Å². The molecule has 2 unspecified atom stereocenters. The summed E-state index contributed by atoms with van der Waals surface area (Å²) in [5, 5.41) is 16.7. The molecule has 2 atom stereocenters. The van der Waals surface area contributed by atoms with E-state index < -0.39 is 5.60 Å². The van der Waals surface area contributed by atoms with Gasteiger partial charge in [-0.05, 0) is 31.9 Å². The summed E-state index contributed by atoms with van der Waals surface area (Å²) in [5.41, 5.74) is 1.23. The van der Waals surface area contributed by atoms with Gasteiger partial charge in [-0.2, -0.15) is 0 Å². The normalized spacial score (nSPS) is 29.1. The highest BCUT2D eigenvalue weighted by atomic mass is 16.3. The number of aliphatic hydroxyl groups is 1. The van der Waals surface area contributed by atoms with E-state index in [-0.39, 0.29) is 11.9 Å². The van der Waals surface area contributed by atoms with Gasteiger partial charge in [-0.15, -0.1) is 0 Å². The van der Waals surface area contributed by atoms with E-state index >= 15 is 0 Å². The maximum atomic E-state index is 12.6. The molecule has 3 N–H and O–H groups in total. The monoisotopic (exact) mass is 275 g/mol. The van der Waals surface area contributed by atoms with Crippen LogP contribution >= 0.6 is 0 Å². The Kier molecular flexibility index (Phi) is 3.30. The number of anilines is 2. The number of nitrogens with zero attached hydrogens (tertiary/aromatic N) is 1. The lowest BCUT2D eigenvalue weighted by atomic mass is 9.94. The highest BCUT2D eigenvalue weighted by molar-refractivity contribution is 5.88. The van der Waals surface area contributed by atoms with Crippen LogP contribution in [0.3, 0.4) is 0 Å². The Morgan fingerprint density at radius 1 is 1.40 bits per heavy atom. The topological polar surface area (TPSA) is 64.6 Å². The van der Waals surface area contributed by atoms with Crippen molar-refractivity contribution in [1.82, 2.24) is 4.90 Å². The number of rotatable bonds is 1. The van der Waals surface area contributed by atoms with Crippen molar-refractivity contribution in [1.29, 1.82) is 0 Å². The zero-order valence-corrected chi connectivity index (χ0v) is 11.7. The number of carbonyl (C=O) groups excluding carboxylic acids is 1. The smallest absolute Gasteiger partial charge is 0.247 e. The van der Waals surface area contributed by atoms with Gasteiger partial charge in [0.25, 0.3) is 0 Å². The summed E-state index contributed by atoms with van der Waals surface area (Å²) < 4.78 is 0. The van der Waals surface area contributed by atoms with E-state index in [9.17, 15) is 9.90 Å². The van der Waals surface area contributed by atoms with E-state index in [2.05, 4.69) is 10.6 Å². The fourth-order valence-electron chi connectivity index (χ4n) is 2.99. The number of hydrogen-bond acceptors (Lipinski definition) is 4. The second-order valence-corrected chi connectivity index (χ2v) is 5.98. The Labute approximate surface area is 119 Å². The Morgan fingerprint density at radius 2 is 2.15 bits per heavy atom. The van der Waals surface area contributed by atoms with Crippen LogP contribution in [0.5, 0.6) is 0 Å². The van der Waals surface area contributed by atoms with Gasteiger partial charge in [0.1, 0.15) is 6.04 Å². The molecule has 0 aromatic heterocycles. The number of hydrogen-bond donors (Lipinski definition) is 3. The Morgan fingerprint density at radius 3 is 2.90 bits per heavy atom. The van der Waals surface area contributed by atoms with Crippen LogP contribution in [0.2, 0.25) is 0 Å². The Bertz CT molecular complexity index is 516. The first-order valence-corrected chi connectivity index (χ1v) is 7.16. The third-order valence-electron chi connectivity index (χ3n) is 4.04. The summed E-state index contributed by atoms with van der Waals surface area (Å²) in [6, 6.07) is 7.62. The number of benzene rings is 1. The highest BCUT2D eigenvalue weighted by Gasteiger charge is 2.34. The van der Waals surface area contributed by atoms with Crippen molar-refractivity contribution >= 4 is 17.3 Å². The lowest BCUT2D eigenvalue weighted by molar-refractivity contribution is -0.138. The van der Waals surface area contributed by atoms with Gasteiger partial charge >= 0.3 is 0 Å². The van der Waals surface area contributed by atoms with Gasteiger partial charge in [-0.1, -0.05) is 12.1 Å². The number of para-hydroxylation sites is 2. The minimum absolute atomic E-state index is 0.0620. The lowest BCUT2D eigenvalue weighted by Crippen LogP contribution is -2.54. The zero-order chi connectivity index (χ0) is 14.2. The van der Waals surface area contributed by atoms with E-state index in [1.54, 1.807) is 11.8 Å². The van der Waals surface area contributed by atoms with Gasteiger partial charge in [0.05, 0.1) is 17.0 Å². The second kappa shape index (κ2) is 4.98. The van der Waals surface area contributed by atoms with Gasteiger partial charge in [0.2, 0.25) is 5.91 Å². The van der Waals surface area contributed by atoms with Crippen molar-refractivity contribution < 1.29 is 9.90 Å². The number of amides is 1. The molecule has 0 spiro atoms. The molecule has 5 nitrogen and oxygen atoms in total. The van der Waals surface area contributed by atoms with E-state index in [0.29, 0.717) is 13.1 Å². The first-order chi connectivity index (χ1) is 9.55. The van der Waals surface area contributed by atoms with Gasteiger partial charge in [-0.25, -0.2) is 0 Å². The molecule has 2 aliphatic rings. The molecule has 0 aliphatic carbocycles. The van der Waals surface area contributed by atoms with Crippen LogP contribution in [-0.2, 0) is 4.79 Å². The second-order valence-electron chi connectivity index (χ2n) is 5.98. The van der Waals surface area contributed by atoms with Crippen LogP contribution in [0.15, 0.2) is 24.3 Å². The fourth-order valence-corrected chi connectivity index (χ4v) is 2.99. The van der Waals surface area contributed by atoms with Crippen LogP contribution in [0, 0.1) is 0 Å². The SMILES string of the molecule is CC1(O)CCCN(C(=O)C2CNc3ccccc3N2)C1. The lowest BCUT2D eigenvalue weighted by Gasteiger charge is -2.39. The Balaban J connectivity index is 1.70. The molecule has 1 aromatic rings. The Hall–Kier alpha value is -1.75. The standard InChI is InChI=1S/C15H21N3O2/c1-15(20)7-4-8-18(10-15)14(19)13-9-16-11-5-2-3-6-12(11)17-13/h2-3,5-6,13,16-17,20H,4,7-10H2,1H3. The molecule has 0 saturated carbocycles. The van der Waals surface area contributed by atoms with Crippen molar-refractivity contribution in [3.8, 4) is 0 Å². The molecular formula is C15H21N3O2. The average molecular weight is 275 g/mol. The maximum absolute atomic E-state index is 12.6. The van der Waals surface area contributed by atoms with Crippen LogP contribution in [0.25, 0.3) is 0 Å². The summed E-state index contributed by atoms with van der Waals surface area (Å²) >= 11 is 0. The van der Waals surface area contributed by atoms with Crippen molar-refractivity contribution in [3.05, 3.63) is 24.3 Å². The maximum Gasteiger partial charge on any atom is 0.247 e. The fraction of sp³-hybridized carbons (Fsp3) is 0.533.